The smallest absolute Gasteiger partial charge is 0.0945 e. The van der Waals surface area contributed by atoms with Gasteiger partial charge < -0.3 is 4.57 Å². The first-order valence-electron chi connectivity index (χ1n) is 7.75. The summed E-state index contributed by atoms with van der Waals surface area (Å²) in [7, 11) is 0. The Morgan fingerprint density at radius 1 is 0.889 bits per heavy atom. The summed E-state index contributed by atoms with van der Waals surface area (Å²) in [5, 5.41) is 0. The first kappa shape index (κ1) is 15.3. The van der Waals surface area contributed by atoms with Gasteiger partial charge in [-0.1, -0.05) is 65.2 Å². The molecule has 2 nitrogen and oxygen atoms in total. The summed E-state index contributed by atoms with van der Waals surface area (Å²) in [6.07, 6.45) is 18.5. The van der Waals surface area contributed by atoms with Crippen molar-refractivity contribution < 1.29 is 0 Å². The lowest BCUT2D eigenvalue weighted by Gasteiger charge is -2.05. The van der Waals surface area contributed by atoms with Gasteiger partial charge in [-0.25, -0.2) is 4.98 Å². The normalized spacial score (nSPS) is 11.3. The zero-order valence-corrected chi connectivity index (χ0v) is 12.3. The molecule has 0 atom stereocenters. The van der Waals surface area contributed by atoms with Crippen molar-refractivity contribution in [3.05, 3.63) is 18.7 Å². The van der Waals surface area contributed by atoms with Gasteiger partial charge in [0, 0.05) is 18.9 Å². The number of nitrogens with zero attached hydrogens (tertiary/aromatic N) is 2. The van der Waals surface area contributed by atoms with Gasteiger partial charge >= 0.3 is 0 Å². The second-order valence-corrected chi connectivity index (χ2v) is 5.81. The monoisotopic (exact) mass is 250 g/mol. The predicted octanol–water partition coefficient (Wildman–Crippen LogP) is 5.05. The number of hydrogen-bond donors (Lipinski definition) is 0. The van der Waals surface area contributed by atoms with E-state index in [9.17, 15) is 0 Å². The second kappa shape index (κ2) is 10.2. The molecule has 0 aromatic carbocycles. The van der Waals surface area contributed by atoms with Crippen molar-refractivity contribution >= 4 is 0 Å². The molecule has 1 aromatic rings. The first-order valence-corrected chi connectivity index (χ1v) is 7.75. The van der Waals surface area contributed by atoms with Gasteiger partial charge in [0.15, 0.2) is 0 Å². The molecular formula is C16H30N2. The van der Waals surface area contributed by atoms with E-state index in [1.165, 1.54) is 57.8 Å². The zero-order chi connectivity index (χ0) is 13.1. The van der Waals surface area contributed by atoms with Crippen molar-refractivity contribution in [1.29, 1.82) is 0 Å². The molecule has 0 N–H and O–H groups in total. The zero-order valence-electron chi connectivity index (χ0n) is 12.3. The first-order chi connectivity index (χ1) is 8.79. The summed E-state index contributed by atoms with van der Waals surface area (Å²) in [6, 6.07) is 0. The maximum Gasteiger partial charge on any atom is 0.0945 e. The van der Waals surface area contributed by atoms with Crippen LogP contribution in [0.1, 0.15) is 71.6 Å². The molecule has 0 radical (unpaired) electrons. The number of imidazole rings is 1. The maximum atomic E-state index is 4.05. The molecule has 1 heterocycles. The van der Waals surface area contributed by atoms with Crippen LogP contribution in [0.4, 0.5) is 0 Å². The van der Waals surface area contributed by atoms with Crippen LogP contribution < -0.4 is 0 Å². The summed E-state index contributed by atoms with van der Waals surface area (Å²) < 4.78 is 2.17. The minimum Gasteiger partial charge on any atom is -0.337 e. The number of unbranched alkanes of at least 4 members (excludes halogenated alkanes) is 7. The standard InChI is InChI=1S/C16H30N2/c1-16(2)11-9-7-5-3-4-6-8-10-13-18-14-12-17-15-18/h12,14-16H,3-11,13H2,1-2H3. The minimum absolute atomic E-state index is 0.883. The molecule has 0 unspecified atom stereocenters. The molecule has 0 bridgehead atoms. The quantitative estimate of drug-likeness (QED) is 0.502. The maximum absolute atomic E-state index is 4.05. The highest BCUT2D eigenvalue weighted by atomic mass is 15.0. The van der Waals surface area contributed by atoms with Crippen LogP contribution >= 0.6 is 0 Å². The van der Waals surface area contributed by atoms with Gasteiger partial charge in [-0.15, -0.1) is 0 Å². The van der Waals surface area contributed by atoms with Crippen LogP contribution in [0.3, 0.4) is 0 Å². The van der Waals surface area contributed by atoms with E-state index in [1.807, 2.05) is 12.5 Å². The average molecular weight is 250 g/mol. The Morgan fingerprint density at radius 3 is 2.06 bits per heavy atom. The Hall–Kier alpha value is -0.790. The third-order valence-electron chi connectivity index (χ3n) is 3.51. The lowest BCUT2D eigenvalue weighted by atomic mass is 10.0. The molecule has 1 rings (SSSR count). The van der Waals surface area contributed by atoms with Gasteiger partial charge in [0.2, 0.25) is 0 Å². The molecular weight excluding hydrogens is 220 g/mol. The van der Waals surface area contributed by atoms with Crippen LogP contribution in [0.2, 0.25) is 0 Å². The average Bonchev–Trinajstić information content (AvgIpc) is 2.84. The van der Waals surface area contributed by atoms with Crippen LogP contribution in [0.15, 0.2) is 18.7 Å². The molecule has 1 aromatic heterocycles. The Morgan fingerprint density at radius 2 is 1.50 bits per heavy atom. The number of rotatable bonds is 11. The Labute approximate surface area is 113 Å². The minimum atomic E-state index is 0.883. The molecule has 18 heavy (non-hydrogen) atoms. The van der Waals surface area contributed by atoms with Crippen molar-refractivity contribution in [2.75, 3.05) is 0 Å². The Bertz CT molecular complexity index is 265. The fraction of sp³-hybridized carbons (Fsp3) is 0.812. The van der Waals surface area contributed by atoms with Gasteiger partial charge in [0.1, 0.15) is 0 Å². The van der Waals surface area contributed by atoms with Crippen LogP contribution in [-0.2, 0) is 6.54 Å². The number of hydrogen-bond acceptors (Lipinski definition) is 1. The third kappa shape index (κ3) is 8.32. The van der Waals surface area contributed by atoms with E-state index in [0.29, 0.717) is 0 Å². The lowest BCUT2D eigenvalue weighted by Crippen LogP contribution is -1.94. The van der Waals surface area contributed by atoms with Crippen molar-refractivity contribution in [3.8, 4) is 0 Å². The Balaban J connectivity index is 1.76. The van der Waals surface area contributed by atoms with E-state index >= 15 is 0 Å². The van der Waals surface area contributed by atoms with Gasteiger partial charge in [0.25, 0.3) is 0 Å². The fourth-order valence-electron chi connectivity index (χ4n) is 2.33. The molecule has 0 saturated heterocycles. The Kier molecular flexibility index (Phi) is 8.62. The van der Waals surface area contributed by atoms with Gasteiger partial charge in [-0.05, 0) is 12.3 Å². The fourth-order valence-corrected chi connectivity index (χ4v) is 2.33. The van der Waals surface area contributed by atoms with E-state index in [1.54, 1.807) is 0 Å². The van der Waals surface area contributed by atoms with E-state index < -0.39 is 0 Å². The summed E-state index contributed by atoms with van der Waals surface area (Å²) in [6.45, 7) is 5.77. The molecule has 0 fully saturated rings. The van der Waals surface area contributed by atoms with Crippen LogP contribution in [-0.4, -0.2) is 9.55 Å². The van der Waals surface area contributed by atoms with Crippen LogP contribution in [0.5, 0.6) is 0 Å². The van der Waals surface area contributed by atoms with Crippen molar-refractivity contribution in [3.63, 3.8) is 0 Å². The molecule has 0 amide bonds. The molecule has 104 valence electrons. The third-order valence-corrected chi connectivity index (χ3v) is 3.51. The highest BCUT2D eigenvalue weighted by molar-refractivity contribution is 4.73. The van der Waals surface area contributed by atoms with E-state index in [0.717, 1.165) is 12.5 Å². The number of aryl methyl sites for hydroxylation is 1. The summed E-state index contributed by atoms with van der Waals surface area (Å²) in [5.41, 5.74) is 0. The highest BCUT2D eigenvalue weighted by Gasteiger charge is 1.95. The summed E-state index contributed by atoms with van der Waals surface area (Å²) >= 11 is 0. The highest BCUT2D eigenvalue weighted by Crippen LogP contribution is 2.12. The molecule has 0 aliphatic rings. The SMILES string of the molecule is CC(C)CCCCCCCCCCn1ccnc1. The van der Waals surface area contributed by atoms with Crippen molar-refractivity contribution in [2.24, 2.45) is 5.92 Å². The van der Waals surface area contributed by atoms with Gasteiger partial charge in [0.05, 0.1) is 6.33 Å². The van der Waals surface area contributed by atoms with Crippen LogP contribution in [0, 0.1) is 5.92 Å². The topological polar surface area (TPSA) is 17.8 Å². The summed E-state index contributed by atoms with van der Waals surface area (Å²) in [5.74, 6) is 0.883. The van der Waals surface area contributed by atoms with Crippen molar-refractivity contribution in [2.45, 2.75) is 78.2 Å². The van der Waals surface area contributed by atoms with Gasteiger partial charge in [-0.2, -0.15) is 0 Å². The predicted molar refractivity (Wildman–Crippen MR) is 78.6 cm³/mol. The largest absolute Gasteiger partial charge is 0.337 e. The molecule has 2 heteroatoms. The second-order valence-electron chi connectivity index (χ2n) is 5.81. The van der Waals surface area contributed by atoms with Gasteiger partial charge in [-0.3, -0.25) is 0 Å². The van der Waals surface area contributed by atoms with E-state index in [4.69, 9.17) is 0 Å². The molecule has 0 spiro atoms. The molecule has 0 aliphatic heterocycles. The van der Waals surface area contributed by atoms with Crippen LogP contribution in [0.25, 0.3) is 0 Å². The van der Waals surface area contributed by atoms with E-state index in [2.05, 4.69) is 29.6 Å². The van der Waals surface area contributed by atoms with Crippen molar-refractivity contribution in [1.82, 2.24) is 9.55 Å². The lowest BCUT2D eigenvalue weighted by molar-refractivity contribution is 0.502. The number of aromatic nitrogens is 2. The molecule has 0 aliphatic carbocycles. The van der Waals surface area contributed by atoms with E-state index in [-0.39, 0.29) is 0 Å². The summed E-state index contributed by atoms with van der Waals surface area (Å²) in [4.78, 5) is 4.05. The molecule has 0 saturated carbocycles.